The van der Waals surface area contributed by atoms with E-state index < -0.39 is 28.3 Å². The number of hydrogen-bond donors (Lipinski definition) is 2. The quantitative estimate of drug-likeness (QED) is 0.592. The molecule has 138 valence electrons. The van der Waals surface area contributed by atoms with E-state index in [-0.39, 0.29) is 23.8 Å². The molecule has 0 heterocycles. The summed E-state index contributed by atoms with van der Waals surface area (Å²) >= 11 is 0. The first kappa shape index (κ1) is 20.6. The van der Waals surface area contributed by atoms with Crippen molar-refractivity contribution < 1.29 is 27.5 Å². The summed E-state index contributed by atoms with van der Waals surface area (Å²) in [6.07, 6.45) is 1.88. The number of amides is 2. The van der Waals surface area contributed by atoms with Crippen LogP contribution in [-0.4, -0.2) is 52.2 Å². The van der Waals surface area contributed by atoms with Crippen LogP contribution in [-0.2, 0) is 29.9 Å². The van der Waals surface area contributed by atoms with Gasteiger partial charge in [-0.2, -0.15) is 0 Å². The Morgan fingerprint density at radius 3 is 2.48 bits per heavy atom. The third kappa shape index (κ3) is 8.85. The number of carbonyl (C=O) groups excluding carboxylic acids is 3. The van der Waals surface area contributed by atoms with Crippen molar-refractivity contribution >= 4 is 27.6 Å². The van der Waals surface area contributed by atoms with Crippen LogP contribution in [0.4, 0.5) is 0 Å². The molecule has 2 amide bonds. The highest BCUT2D eigenvalue weighted by atomic mass is 32.2. The van der Waals surface area contributed by atoms with Crippen molar-refractivity contribution in [3.63, 3.8) is 0 Å². The van der Waals surface area contributed by atoms with E-state index in [2.05, 4.69) is 10.6 Å². The minimum atomic E-state index is -3.22. The summed E-state index contributed by atoms with van der Waals surface area (Å²) in [7, 11) is -3.22. The lowest BCUT2D eigenvalue weighted by Crippen LogP contribution is -2.38. The number of rotatable bonds is 9. The van der Waals surface area contributed by atoms with Crippen LogP contribution in [0.15, 0.2) is 24.3 Å². The van der Waals surface area contributed by atoms with Crippen LogP contribution in [0.1, 0.15) is 29.3 Å². The molecule has 8 nitrogen and oxygen atoms in total. The van der Waals surface area contributed by atoms with Crippen molar-refractivity contribution in [3.8, 4) is 0 Å². The molecule has 0 spiro atoms. The predicted molar refractivity (Wildman–Crippen MR) is 91.6 cm³/mol. The van der Waals surface area contributed by atoms with Gasteiger partial charge in [-0.1, -0.05) is 19.1 Å². The summed E-state index contributed by atoms with van der Waals surface area (Å²) in [5.74, 6) is -1.87. The van der Waals surface area contributed by atoms with E-state index in [4.69, 9.17) is 4.74 Å². The molecule has 0 fully saturated rings. The summed E-state index contributed by atoms with van der Waals surface area (Å²) in [6, 6.07) is 5.98. The average molecular weight is 370 g/mol. The standard InChI is InChI=1S/C16H22N2O6S/c1-3-7-17-14(19)9-18-15(20)10-24-16(21)13-6-4-5-12(8-13)11-25(2,22)23/h4-6,8H,3,7,9-11H2,1-2H3,(H,17,19)(H,18,20). The molecular weight excluding hydrogens is 348 g/mol. The predicted octanol–water partition coefficient (Wildman–Crippen LogP) is 0.0304. The molecule has 1 aromatic rings. The highest BCUT2D eigenvalue weighted by Crippen LogP contribution is 2.10. The molecule has 0 aromatic heterocycles. The molecule has 0 radical (unpaired) electrons. The molecular formula is C16H22N2O6S. The first-order valence-corrected chi connectivity index (χ1v) is 9.74. The van der Waals surface area contributed by atoms with Crippen LogP contribution in [0.5, 0.6) is 0 Å². The maximum Gasteiger partial charge on any atom is 0.338 e. The SMILES string of the molecule is CCCNC(=O)CNC(=O)COC(=O)c1cccc(CS(C)(=O)=O)c1. The molecule has 0 aliphatic rings. The largest absolute Gasteiger partial charge is 0.452 e. The topological polar surface area (TPSA) is 119 Å². The van der Waals surface area contributed by atoms with Crippen LogP contribution in [0.2, 0.25) is 0 Å². The van der Waals surface area contributed by atoms with Gasteiger partial charge in [-0.05, 0) is 24.1 Å². The van der Waals surface area contributed by atoms with Gasteiger partial charge < -0.3 is 15.4 Å². The molecule has 0 aliphatic heterocycles. The molecule has 25 heavy (non-hydrogen) atoms. The summed E-state index contributed by atoms with van der Waals surface area (Å²) in [5, 5.41) is 4.93. The molecule has 0 unspecified atom stereocenters. The molecule has 2 N–H and O–H groups in total. The second-order valence-electron chi connectivity index (χ2n) is 5.47. The molecule has 0 aliphatic carbocycles. The van der Waals surface area contributed by atoms with Gasteiger partial charge in [-0.3, -0.25) is 9.59 Å². The fourth-order valence-electron chi connectivity index (χ4n) is 1.86. The molecule has 1 rings (SSSR count). The van der Waals surface area contributed by atoms with Crippen LogP contribution in [0.3, 0.4) is 0 Å². The van der Waals surface area contributed by atoms with E-state index in [1.54, 1.807) is 6.07 Å². The minimum absolute atomic E-state index is 0.148. The second kappa shape index (κ2) is 9.77. The Balaban J connectivity index is 2.47. The van der Waals surface area contributed by atoms with Crippen LogP contribution in [0, 0.1) is 0 Å². The first-order valence-electron chi connectivity index (χ1n) is 7.68. The normalized spacial score (nSPS) is 10.8. The monoisotopic (exact) mass is 370 g/mol. The number of nitrogens with one attached hydrogen (secondary N) is 2. The van der Waals surface area contributed by atoms with Gasteiger partial charge in [0.15, 0.2) is 16.4 Å². The van der Waals surface area contributed by atoms with Crippen molar-refractivity contribution in [1.29, 1.82) is 0 Å². The van der Waals surface area contributed by atoms with Crippen molar-refractivity contribution in [2.24, 2.45) is 0 Å². The summed E-state index contributed by atoms with van der Waals surface area (Å²) in [6.45, 7) is 1.70. The summed E-state index contributed by atoms with van der Waals surface area (Å²) in [4.78, 5) is 34.8. The van der Waals surface area contributed by atoms with E-state index in [9.17, 15) is 22.8 Å². The van der Waals surface area contributed by atoms with Crippen molar-refractivity contribution in [2.75, 3.05) is 26.0 Å². The zero-order valence-corrected chi connectivity index (χ0v) is 15.0. The van der Waals surface area contributed by atoms with Crippen LogP contribution in [0.25, 0.3) is 0 Å². The number of carbonyl (C=O) groups is 3. The maximum absolute atomic E-state index is 11.9. The number of esters is 1. The van der Waals surface area contributed by atoms with Gasteiger partial charge in [0.05, 0.1) is 17.9 Å². The highest BCUT2D eigenvalue weighted by Gasteiger charge is 2.13. The number of hydrogen-bond acceptors (Lipinski definition) is 6. The van der Waals surface area contributed by atoms with Gasteiger partial charge in [0.25, 0.3) is 5.91 Å². The van der Waals surface area contributed by atoms with Gasteiger partial charge in [0.2, 0.25) is 5.91 Å². The summed E-state index contributed by atoms with van der Waals surface area (Å²) < 4.78 is 27.4. The Labute approximate surface area is 146 Å². The van der Waals surface area contributed by atoms with Crippen molar-refractivity contribution in [2.45, 2.75) is 19.1 Å². The van der Waals surface area contributed by atoms with E-state index in [1.807, 2.05) is 6.92 Å². The van der Waals surface area contributed by atoms with E-state index in [0.717, 1.165) is 12.7 Å². The number of benzene rings is 1. The Hall–Kier alpha value is -2.42. The van der Waals surface area contributed by atoms with Gasteiger partial charge in [0, 0.05) is 12.8 Å². The van der Waals surface area contributed by atoms with Crippen LogP contribution < -0.4 is 10.6 Å². The molecule has 0 saturated heterocycles. The Morgan fingerprint density at radius 1 is 1.12 bits per heavy atom. The third-order valence-corrected chi connectivity index (χ3v) is 3.80. The molecule has 0 atom stereocenters. The molecule has 0 bridgehead atoms. The molecule has 9 heteroatoms. The Kier molecular flexibility index (Phi) is 8.06. The van der Waals surface area contributed by atoms with Crippen molar-refractivity contribution in [3.05, 3.63) is 35.4 Å². The molecule has 1 aromatic carbocycles. The van der Waals surface area contributed by atoms with Gasteiger partial charge >= 0.3 is 5.97 Å². The maximum atomic E-state index is 11.9. The van der Waals surface area contributed by atoms with Gasteiger partial charge in [-0.25, -0.2) is 13.2 Å². The Morgan fingerprint density at radius 2 is 1.84 bits per heavy atom. The van der Waals surface area contributed by atoms with Gasteiger partial charge in [0.1, 0.15) is 0 Å². The summed E-state index contributed by atoms with van der Waals surface area (Å²) in [5.41, 5.74) is 0.601. The first-order chi connectivity index (χ1) is 11.7. The zero-order chi connectivity index (χ0) is 18.9. The van der Waals surface area contributed by atoms with E-state index >= 15 is 0 Å². The number of sulfone groups is 1. The fourth-order valence-corrected chi connectivity index (χ4v) is 2.65. The lowest BCUT2D eigenvalue weighted by molar-refractivity contribution is -0.127. The lowest BCUT2D eigenvalue weighted by Gasteiger charge is -2.08. The van der Waals surface area contributed by atoms with Crippen molar-refractivity contribution in [1.82, 2.24) is 10.6 Å². The minimum Gasteiger partial charge on any atom is -0.452 e. The highest BCUT2D eigenvalue weighted by molar-refractivity contribution is 7.89. The third-order valence-electron chi connectivity index (χ3n) is 2.94. The average Bonchev–Trinajstić information content (AvgIpc) is 2.54. The smallest absolute Gasteiger partial charge is 0.338 e. The number of ether oxygens (including phenoxy) is 1. The fraction of sp³-hybridized carbons (Fsp3) is 0.438. The van der Waals surface area contributed by atoms with E-state index in [1.165, 1.54) is 18.2 Å². The second-order valence-corrected chi connectivity index (χ2v) is 7.61. The zero-order valence-electron chi connectivity index (χ0n) is 14.2. The van der Waals surface area contributed by atoms with Crippen LogP contribution >= 0.6 is 0 Å². The lowest BCUT2D eigenvalue weighted by atomic mass is 10.1. The van der Waals surface area contributed by atoms with Gasteiger partial charge in [-0.15, -0.1) is 0 Å². The van der Waals surface area contributed by atoms with E-state index in [0.29, 0.717) is 12.1 Å². The molecule has 0 saturated carbocycles. The Bertz CT molecular complexity index is 730.